The van der Waals surface area contributed by atoms with Gasteiger partial charge >= 0.3 is 0 Å². The molecule has 0 fully saturated rings. The van der Waals surface area contributed by atoms with Gasteiger partial charge in [0.05, 0.1) is 5.56 Å². The number of halogens is 1. The van der Waals surface area contributed by atoms with E-state index in [4.69, 9.17) is 0 Å². The van der Waals surface area contributed by atoms with Crippen LogP contribution in [0.5, 0.6) is 0 Å². The zero-order valence-corrected chi connectivity index (χ0v) is 9.80. The van der Waals surface area contributed by atoms with E-state index in [1.807, 2.05) is 0 Å². The summed E-state index contributed by atoms with van der Waals surface area (Å²) in [5, 5.41) is 6.65. The lowest BCUT2D eigenvalue weighted by atomic mass is 10.2. The fourth-order valence-electron chi connectivity index (χ4n) is 1.44. The Bertz CT molecular complexity index is 554. The van der Waals surface area contributed by atoms with Gasteiger partial charge < -0.3 is 5.32 Å². The normalized spacial score (nSPS) is 10.3. The molecule has 1 amide bonds. The summed E-state index contributed by atoms with van der Waals surface area (Å²) in [5.74, 6) is -0.632. The first-order valence-electron chi connectivity index (χ1n) is 5.40. The number of hydrogen-bond donors (Lipinski definition) is 1. The summed E-state index contributed by atoms with van der Waals surface area (Å²) in [6.07, 6.45) is 3.37. The minimum absolute atomic E-state index is 0.0634. The van der Waals surface area contributed by atoms with Gasteiger partial charge in [-0.2, -0.15) is 9.49 Å². The second-order valence-electron chi connectivity index (χ2n) is 3.68. The highest BCUT2D eigenvalue weighted by molar-refractivity contribution is 5.94. The van der Waals surface area contributed by atoms with Gasteiger partial charge in [-0.15, -0.1) is 0 Å². The van der Waals surface area contributed by atoms with Crippen LogP contribution in [0.4, 0.5) is 4.39 Å². The molecule has 0 aliphatic heterocycles. The van der Waals surface area contributed by atoms with Crippen LogP contribution in [0, 0.1) is 5.95 Å². The Hall–Kier alpha value is -2.31. The summed E-state index contributed by atoms with van der Waals surface area (Å²) in [6.45, 7) is 0.344. The fraction of sp³-hybridized carbons (Fsp3) is 0.273. The zero-order chi connectivity index (χ0) is 13.0. The number of amides is 1. The number of carbonyl (C=O) groups excluding carboxylic acids is 1. The Labute approximate surface area is 103 Å². The molecule has 6 nitrogen and oxygen atoms in total. The van der Waals surface area contributed by atoms with E-state index in [-0.39, 0.29) is 5.56 Å². The third-order valence-corrected chi connectivity index (χ3v) is 2.28. The van der Waals surface area contributed by atoms with Crippen LogP contribution in [0.15, 0.2) is 24.7 Å². The summed E-state index contributed by atoms with van der Waals surface area (Å²) in [4.78, 5) is 19.1. The molecule has 0 radical (unpaired) electrons. The number of hydrogen-bond acceptors (Lipinski definition) is 4. The van der Waals surface area contributed by atoms with Gasteiger partial charge in [0, 0.05) is 26.2 Å². The van der Waals surface area contributed by atoms with E-state index >= 15 is 0 Å². The molecular weight excluding hydrogens is 237 g/mol. The van der Waals surface area contributed by atoms with E-state index in [0.29, 0.717) is 18.8 Å². The van der Waals surface area contributed by atoms with Crippen molar-refractivity contribution >= 4 is 5.91 Å². The predicted molar refractivity (Wildman–Crippen MR) is 61.2 cm³/mol. The van der Waals surface area contributed by atoms with Gasteiger partial charge in [0.15, 0.2) is 5.82 Å². The van der Waals surface area contributed by atoms with Crippen molar-refractivity contribution in [2.45, 2.75) is 6.42 Å². The van der Waals surface area contributed by atoms with E-state index in [2.05, 4.69) is 20.4 Å². The minimum Gasteiger partial charge on any atom is -0.351 e. The average Bonchev–Trinajstić information content (AvgIpc) is 2.75. The predicted octanol–water partition coefficient (Wildman–Crippen LogP) is 0.322. The SMILES string of the molecule is Cn1cnc(CCNC(=O)c2cccnc2F)n1. The topological polar surface area (TPSA) is 72.7 Å². The Kier molecular flexibility index (Phi) is 3.61. The molecular formula is C11H12FN5O. The van der Waals surface area contributed by atoms with Crippen LogP contribution in [-0.4, -0.2) is 32.2 Å². The summed E-state index contributed by atoms with van der Waals surface area (Å²) in [7, 11) is 1.76. The Morgan fingerprint density at radius 3 is 3.00 bits per heavy atom. The number of nitrogens with zero attached hydrogens (tertiary/aromatic N) is 4. The van der Waals surface area contributed by atoms with Gasteiger partial charge in [0.2, 0.25) is 5.95 Å². The maximum Gasteiger partial charge on any atom is 0.255 e. The molecule has 2 heterocycles. The number of pyridine rings is 1. The zero-order valence-electron chi connectivity index (χ0n) is 9.80. The van der Waals surface area contributed by atoms with Gasteiger partial charge in [0.25, 0.3) is 5.91 Å². The molecule has 2 aromatic heterocycles. The Morgan fingerprint density at radius 1 is 1.50 bits per heavy atom. The molecule has 0 saturated heterocycles. The molecule has 0 spiro atoms. The highest BCUT2D eigenvalue weighted by atomic mass is 19.1. The number of carbonyl (C=O) groups is 1. The first kappa shape index (κ1) is 12.2. The second-order valence-corrected chi connectivity index (χ2v) is 3.68. The van der Waals surface area contributed by atoms with E-state index in [0.717, 1.165) is 0 Å². The van der Waals surface area contributed by atoms with E-state index in [9.17, 15) is 9.18 Å². The van der Waals surface area contributed by atoms with Crippen molar-refractivity contribution in [2.75, 3.05) is 6.54 Å². The third kappa shape index (κ3) is 2.88. The molecule has 0 bridgehead atoms. The van der Waals surface area contributed by atoms with Gasteiger partial charge in [-0.05, 0) is 12.1 Å². The number of rotatable bonds is 4. The van der Waals surface area contributed by atoms with Crippen molar-refractivity contribution in [3.8, 4) is 0 Å². The molecule has 0 aliphatic rings. The van der Waals surface area contributed by atoms with Crippen LogP contribution in [0.3, 0.4) is 0 Å². The van der Waals surface area contributed by atoms with Crippen molar-refractivity contribution < 1.29 is 9.18 Å². The molecule has 2 rings (SSSR count). The van der Waals surface area contributed by atoms with Crippen LogP contribution < -0.4 is 5.32 Å². The molecule has 2 aromatic rings. The lowest BCUT2D eigenvalue weighted by Gasteiger charge is -2.03. The van der Waals surface area contributed by atoms with Crippen molar-refractivity contribution in [1.29, 1.82) is 0 Å². The van der Waals surface area contributed by atoms with Crippen LogP contribution in [0.2, 0.25) is 0 Å². The number of aryl methyl sites for hydroxylation is 1. The van der Waals surface area contributed by atoms with E-state index in [1.165, 1.54) is 18.3 Å². The average molecular weight is 249 g/mol. The highest BCUT2D eigenvalue weighted by Gasteiger charge is 2.11. The summed E-state index contributed by atoms with van der Waals surface area (Å²) in [5.41, 5.74) is -0.0634. The summed E-state index contributed by atoms with van der Waals surface area (Å²) in [6, 6.07) is 2.90. The second kappa shape index (κ2) is 5.35. The van der Waals surface area contributed by atoms with Crippen molar-refractivity contribution in [3.63, 3.8) is 0 Å². The van der Waals surface area contributed by atoms with Gasteiger partial charge in [-0.25, -0.2) is 9.97 Å². The molecule has 0 aromatic carbocycles. The molecule has 7 heteroatoms. The molecule has 0 aliphatic carbocycles. The quantitative estimate of drug-likeness (QED) is 0.792. The number of aromatic nitrogens is 4. The monoisotopic (exact) mass is 249 g/mol. The molecule has 0 saturated carbocycles. The summed E-state index contributed by atoms with van der Waals surface area (Å²) < 4.78 is 14.8. The maximum absolute atomic E-state index is 13.2. The third-order valence-electron chi connectivity index (χ3n) is 2.28. The van der Waals surface area contributed by atoms with Crippen LogP contribution in [-0.2, 0) is 13.5 Å². The van der Waals surface area contributed by atoms with Crippen molar-refractivity contribution in [2.24, 2.45) is 7.05 Å². The summed E-state index contributed by atoms with van der Waals surface area (Å²) >= 11 is 0. The first-order chi connectivity index (χ1) is 8.66. The lowest BCUT2D eigenvalue weighted by Crippen LogP contribution is -2.27. The molecule has 1 N–H and O–H groups in total. The van der Waals surface area contributed by atoms with Crippen LogP contribution in [0.25, 0.3) is 0 Å². The smallest absolute Gasteiger partial charge is 0.255 e. The van der Waals surface area contributed by atoms with E-state index < -0.39 is 11.9 Å². The van der Waals surface area contributed by atoms with Crippen LogP contribution >= 0.6 is 0 Å². The lowest BCUT2D eigenvalue weighted by molar-refractivity contribution is 0.0949. The maximum atomic E-state index is 13.2. The van der Waals surface area contributed by atoms with Crippen molar-refractivity contribution in [1.82, 2.24) is 25.1 Å². The van der Waals surface area contributed by atoms with E-state index in [1.54, 1.807) is 18.1 Å². The van der Waals surface area contributed by atoms with Gasteiger partial charge in [-0.3, -0.25) is 9.48 Å². The standard InChI is InChI=1S/C11H12FN5O/c1-17-7-15-9(16-17)4-6-14-11(18)8-3-2-5-13-10(8)12/h2-3,5,7H,4,6H2,1H3,(H,14,18). The Morgan fingerprint density at radius 2 is 2.33 bits per heavy atom. The van der Waals surface area contributed by atoms with Gasteiger partial charge in [0.1, 0.15) is 6.33 Å². The highest BCUT2D eigenvalue weighted by Crippen LogP contribution is 2.02. The van der Waals surface area contributed by atoms with Gasteiger partial charge in [-0.1, -0.05) is 0 Å². The number of nitrogens with one attached hydrogen (secondary N) is 1. The fourth-order valence-corrected chi connectivity index (χ4v) is 1.44. The molecule has 0 atom stereocenters. The van der Waals surface area contributed by atoms with Crippen molar-refractivity contribution in [3.05, 3.63) is 42.0 Å². The largest absolute Gasteiger partial charge is 0.351 e. The molecule has 18 heavy (non-hydrogen) atoms. The minimum atomic E-state index is -0.772. The first-order valence-corrected chi connectivity index (χ1v) is 5.40. The molecule has 0 unspecified atom stereocenters. The molecule has 94 valence electrons. The van der Waals surface area contributed by atoms with Crippen LogP contribution in [0.1, 0.15) is 16.2 Å². The Balaban J connectivity index is 1.87.